The van der Waals surface area contributed by atoms with Crippen LogP contribution in [0.2, 0.25) is 0 Å². The molecule has 0 spiro atoms. The van der Waals surface area contributed by atoms with Gasteiger partial charge in [-0.05, 0) is 24.5 Å². The lowest BCUT2D eigenvalue weighted by Crippen LogP contribution is -2.23. The monoisotopic (exact) mass is 285 g/mol. The van der Waals surface area contributed by atoms with Gasteiger partial charge in [0.1, 0.15) is 0 Å². The third-order valence-corrected chi connectivity index (χ3v) is 4.55. The van der Waals surface area contributed by atoms with Crippen molar-refractivity contribution < 1.29 is 0 Å². The van der Waals surface area contributed by atoms with Gasteiger partial charge >= 0.3 is 0 Å². The predicted molar refractivity (Wildman–Crippen MR) is 88.5 cm³/mol. The molecule has 3 nitrogen and oxygen atoms in total. The molecule has 0 saturated carbocycles. The second-order valence-corrected chi connectivity index (χ2v) is 6.49. The van der Waals surface area contributed by atoms with Crippen molar-refractivity contribution in [2.75, 3.05) is 11.1 Å². The van der Waals surface area contributed by atoms with E-state index in [-0.39, 0.29) is 0 Å². The summed E-state index contributed by atoms with van der Waals surface area (Å²) in [6, 6.07) is 8.73. The highest BCUT2D eigenvalue weighted by molar-refractivity contribution is 8.14. The maximum absolute atomic E-state index is 4.84. The Labute approximate surface area is 123 Å². The normalized spacial score (nSPS) is 19.1. The van der Waals surface area contributed by atoms with Crippen LogP contribution >= 0.6 is 11.8 Å². The molecule has 1 unspecified atom stereocenters. The number of nitrogens with one attached hydrogen (secondary N) is 1. The molecule has 0 fully saturated rings. The Morgan fingerprint density at radius 3 is 3.05 bits per heavy atom. The van der Waals surface area contributed by atoms with Crippen LogP contribution in [0.3, 0.4) is 0 Å². The number of benzene rings is 1. The second-order valence-electron chi connectivity index (χ2n) is 5.41. The summed E-state index contributed by atoms with van der Waals surface area (Å²) in [5, 5.41) is 6.88. The van der Waals surface area contributed by atoms with Crippen LogP contribution < -0.4 is 5.32 Å². The van der Waals surface area contributed by atoms with E-state index < -0.39 is 0 Å². The summed E-state index contributed by atoms with van der Waals surface area (Å²) in [5.41, 5.74) is 1.11. The first-order valence-electron chi connectivity index (χ1n) is 7.04. The number of nitrogens with zero attached hydrogens (tertiary/aromatic N) is 2. The van der Waals surface area contributed by atoms with Gasteiger partial charge in [-0.1, -0.05) is 37.7 Å². The maximum atomic E-state index is 4.84. The van der Waals surface area contributed by atoms with Crippen LogP contribution in [0, 0.1) is 5.92 Å². The highest BCUT2D eigenvalue weighted by atomic mass is 32.2. The lowest BCUT2D eigenvalue weighted by atomic mass is 10.0. The van der Waals surface area contributed by atoms with Crippen LogP contribution in [0.5, 0.6) is 0 Å². The number of fused-ring (bicyclic) bond motifs is 1. The molecule has 0 radical (unpaired) electrons. The Morgan fingerprint density at radius 1 is 1.30 bits per heavy atom. The first kappa shape index (κ1) is 13.4. The van der Waals surface area contributed by atoms with Crippen LogP contribution in [0.25, 0.3) is 10.8 Å². The van der Waals surface area contributed by atoms with E-state index in [4.69, 9.17) is 4.99 Å². The molecule has 0 aliphatic carbocycles. The molecule has 1 N–H and O–H groups in total. The van der Waals surface area contributed by atoms with E-state index in [1.54, 1.807) is 0 Å². The average molecular weight is 285 g/mol. The third-order valence-electron chi connectivity index (χ3n) is 3.63. The number of rotatable bonds is 2. The minimum absolute atomic E-state index is 0.440. The van der Waals surface area contributed by atoms with E-state index in [0.717, 1.165) is 22.0 Å². The largest absolute Gasteiger partial charge is 0.334 e. The molecular formula is C16H19N3S. The second kappa shape index (κ2) is 5.83. The summed E-state index contributed by atoms with van der Waals surface area (Å²) >= 11 is 1.81. The number of pyridine rings is 1. The number of aliphatic imine (C=N–C) groups is 1. The lowest BCUT2D eigenvalue weighted by Gasteiger charge is -2.23. The summed E-state index contributed by atoms with van der Waals surface area (Å²) in [4.78, 5) is 9.01. The minimum atomic E-state index is 0.440. The van der Waals surface area contributed by atoms with E-state index in [9.17, 15) is 0 Å². The van der Waals surface area contributed by atoms with Gasteiger partial charge in [-0.15, -0.1) is 0 Å². The van der Waals surface area contributed by atoms with Crippen LogP contribution in [0.1, 0.15) is 20.3 Å². The van der Waals surface area contributed by atoms with Crippen molar-refractivity contribution in [2.45, 2.75) is 26.3 Å². The quantitative estimate of drug-likeness (QED) is 0.900. The topological polar surface area (TPSA) is 37.3 Å². The molecule has 20 heavy (non-hydrogen) atoms. The first-order valence-corrected chi connectivity index (χ1v) is 8.03. The Kier molecular flexibility index (Phi) is 3.92. The summed E-state index contributed by atoms with van der Waals surface area (Å²) in [6.07, 6.45) is 4.90. The molecule has 1 aliphatic rings. The van der Waals surface area contributed by atoms with Crippen LogP contribution in [-0.4, -0.2) is 21.9 Å². The van der Waals surface area contributed by atoms with E-state index in [1.165, 1.54) is 11.8 Å². The number of anilines is 1. The van der Waals surface area contributed by atoms with E-state index >= 15 is 0 Å². The zero-order valence-corrected chi connectivity index (χ0v) is 12.7. The number of aromatic nitrogens is 1. The fourth-order valence-corrected chi connectivity index (χ4v) is 3.37. The molecule has 4 heteroatoms. The Bertz CT molecular complexity index is 631. The van der Waals surface area contributed by atoms with Gasteiger partial charge in [0.15, 0.2) is 5.17 Å². The highest BCUT2D eigenvalue weighted by Gasteiger charge is 2.18. The van der Waals surface area contributed by atoms with Gasteiger partial charge in [-0.25, -0.2) is 0 Å². The lowest BCUT2D eigenvalue weighted by molar-refractivity contribution is 0.485. The van der Waals surface area contributed by atoms with Crippen molar-refractivity contribution in [2.24, 2.45) is 10.9 Å². The van der Waals surface area contributed by atoms with Crippen LogP contribution in [0.4, 0.5) is 5.69 Å². The van der Waals surface area contributed by atoms with Crippen LogP contribution in [-0.2, 0) is 0 Å². The van der Waals surface area contributed by atoms with Gasteiger partial charge in [-0.3, -0.25) is 9.98 Å². The Balaban J connectivity index is 1.90. The SMILES string of the molecule is CC(C)C1CCSC(Nc2cccc3cnccc23)=N1. The summed E-state index contributed by atoms with van der Waals surface area (Å²) in [5.74, 6) is 1.74. The molecule has 2 aromatic rings. The molecule has 3 rings (SSSR count). The fourth-order valence-electron chi connectivity index (χ4n) is 2.43. The van der Waals surface area contributed by atoms with Gasteiger partial charge in [0.25, 0.3) is 0 Å². The first-order chi connectivity index (χ1) is 9.74. The van der Waals surface area contributed by atoms with Gasteiger partial charge in [0.2, 0.25) is 0 Å². The summed E-state index contributed by atoms with van der Waals surface area (Å²) in [7, 11) is 0. The highest BCUT2D eigenvalue weighted by Crippen LogP contribution is 2.27. The summed E-state index contributed by atoms with van der Waals surface area (Å²) < 4.78 is 0. The molecule has 104 valence electrons. The molecule has 1 aromatic heterocycles. The maximum Gasteiger partial charge on any atom is 0.161 e. The third kappa shape index (κ3) is 2.80. The van der Waals surface area contributed by atoms with E-state index in [0.29, 0.717) is 12.0 Å². The van der Waals surface area contributed by atoms with Gasteiger partial charge in [0.05, 0.1) is 6.04 Å². The molecule has 0 saturated heterocycles. The molecule has 1 atom stereocenters. The van der Waals surface area contributed by atoms with Crippen LogP contribution in [0.15, 0.2) is 41.7 Å². The van der Waals surface area contributed by atoms with Gasteiger partial charge in [0, 0.05) is 34.6 Å². The van der Waals surface area contributed by atoms with Gasteiger partial charge < -0.3 is 5.32 Å². The fraction of sp³-hybridized carbons (Fsp3) is 0.375. The zero-order valence-electron chi connectivity index (χ0n) is 11.8. The number of hydrogen-bond donors (Lipinski definition) is 1. The van der Waals surface area contributed by atoms with Crippen molar-refractivity contribution in [1.82, 2.24) is 4.98 Å². The number of hydrogen-bond acceptors (Lipinski definition) is 4. The van der Waals surface area contributed by atoms with Gasteiger partial charge in [-0.2, -0.15) is 0 Å². The van der Waals surface area contributed by atoms with Crippen molar-refractivity contribution in [3.63, 3.8) is 0 Å². The molecule has 0 bridgehead atoms. The summed E-state index contributed by atoms with van der Waals surface area (Å²) in [6.45, 7) is 4.48. The Morgan fingerprint density at radius 2 is 2.20 bits per heavy atom. The smallest absolute Gasteiger partial charge is 0.161 e. The average Bonchev–Trinajstić information content (AvgIpc) is 2.48. The van der Waals surface area contributed by atoms with E-state index in [2.05, 4.69) is 42.3 Å². The van der Waals surface area contributed by atoms with Crippen molar-refractivity contribution in [3.8, 4) is 0 Å². The Hall–Kier alpha value is -1.55. The number of amidine groups is 1. The molecule has 0 amide bonds. The number of thioether (sulfide) groups is 1. The minimum Gasteiger partial charge on any atom is -0.334 e. The molecule has 1 aliphatic heterocycles. The van der Waals surface area contributed by atoms with Crippen molar-refractivity contribution >= 4 is 33.4 Å². The standard InChI is InChI=1S/C16H19N3S/c1-11(2)14-7-9-20-16(18-14)19-15-5-3-4-12-10-17-8-6-13(12)15/h3-6,8,10-11,14H,7,9H2,1-2H3,(H,18,19). The molecule has 1 aromatic carbocycles. The van der Waals surface area contributed by atoms with E-state index in [1.807, 2.05) is 30.2 Å². The predicted octanol–water partition coefficient (Wildman–Crippen LogP) is 4.16. The molecule has 2 heterocycles. The van der Waals surface area contributed by atoms with Crippen molar-refractivity contribution in [3.05, 3.63) is 36.7 Å². The zero-order chi connectivity index (χ0) is 13.9. The van der Waals surface area contributed by atoms with Crippen molar-refractivity contribution in [1.29, 1.82) is 0 Å². The molecular weight excluding hydrogens is 266 g/mol.